The average molecular weight is 445 g/mol. The third-order valence-electron chi connectivity index (χ3n) is 3.75. The van der Waals surface area contributed by atoms with Gasteiger partial charge in [-0.15, -0.1) is 10.2 Å². The largest absolute Gasteiger partial charge is 0.497 e. The van der Waals surface area contributed by atoms with E-state index in [1.165, 1.54) is 23.1 Å². The van der Waals surface area contributed by atoms with Gasteiger partial charge in [0.15, 0.2) is 4.34 Å². The molecule has 8 nitrogen and oxygen atoms in total. The first-order chi connectivity index (χ1) is 14.6. The molecule has 0 atom stereocenters. The molecule has 1 heterocycles. The van der Waals surface area contributed by atoms with Crippen molar-refractivity contribution >= 4 is 51.5 Å². The first-order valence-electron chi connectivity index (χ1n) is 9.02. The fourth-order valence-electron chi connectivity index (χ4n) is 2.34. The van der Waals surface area contributed by atoms with Gasteiger partial charge < -0.3 is 20.1 Å². The topological polar surface area (TPSA) is 102 Å². The monoisotopic (exact) mass is 444 g/mol. The summed E-state index contributed by atoms with van der Waals surface area (Å²) in [6, 6.07) is 14.0. The molecule has 0 unspecified atom stereocenters. The van der Waals surface area contributed by atoms with Crippen LogP contribution in [0.4, 0.5) is 16.5 Å². The second kappa shape index (κ2) is 10.6. The van der Waals surface area contributed by atoms with Crippen molar-refractivity contribution < 1.29 is 19.1 Å². The number of anilines is 3. The molecule has 1 aromatic heterocycles. The van der Waals surface area contributed by atoms with Crippen molar-refractivity contribution in [2.45, 2.75) is 11.3 Å². The maximum absolute atomic E-state index is 12.2. The molecule has 1 amide bonds. The summed E-state index contributed by atoms with van der Waals surface area (Å²) in [4.78, 5) is 23.8. The smallest absolute Gasteiger partial charge is 0.338 e. The van der Waals surface area contributed by atoms with Gasteiger partial charge >= 0.3 is 5.97 Å². The number of hydrogen-bond donors (Lipinski definition) is 2. The molecule has 0 saturated heterocycles. The van der Waals surface area contributed by atoms with E-state index in [-0.39, 0.29) is 17.6 Å². The lowest BCUT2D eigenvalue weighted by Gasteiger charge is -2.06. The minimum atomic E-state index is -0.388. The molecule has 30 heavy (non-hydrogen) atoms. The van der Waals surface area contributed by atoms with Gasteiger partial charge in [-0.2, -0.15) is 0 Å². The van der Waals surface area contributed by atoms with Gasteiger partial charge in [0.05, 0.1) is 25.0 Å². The predicted molar refractivity (Wildman–Crippen MR) is 118 cm³/mol. The van der Waals surface area contributed by atoms with Crippen LogP contribution in [-0.4, -0.2) is 41.5 Å². The van der Waals surface area contributed by atoms with E-state index in [1.54, 1.807) is 38.3 Å². The van der Waals surface area contributed by atoms with Gasteiger partial charge in [0.25, 0.3) is 0 Å². The van der Waals surface area contributed by atoms with Crippen LogP contribution in [0.25, 0.3) is 0 Å². The molecule has 2 N–H and O–H groups in total. The van der Waals surface area contributed by atoms with E-state index < -0.39 is 0 Å². The van der Waals surface area contributed by atoms with Crippen LogP contribution in [0.1, 0.15) is 17.3 Å². The Morgan fingerprint density at radius 3 is 2.40 bits per heavy atom. The minimum Gasteiger partial charge on any atom is -0.497 e. The van der Waals surface area contributed by atoms with Crippen molar-refractivity contribution in [3.05, 3.63) is 54.1 Å². The lowest BCUT2D eigenvalue weighted by atomic mass is 10.2. The van der Waals surface area contributed by atoms with Crippen LogP contribution in [0.3, 0.4) is 0 Å². The van der Waals surface area contributed by atoms with E-state index in [2.05, 4.69) is 20.8 Å². The van der Waals surface area contributed by atoms with Crippen molar-refractivity contribution in [2.24, 2.45) is 0 Å². The summed E-state index contributed by atoms with van der Waals surface area (Å²) in [7, 11) is 1.62. The van der Waals surface area contributed by atoms with Crippen molar-refractivity contribution in [1.29, 1.82) is 0 Å². The van der Waals surface area contributed by atoms with Gasteiger partial charge in [0, 0.05) is 11.4 Å². The van der Waals surface area contributed by atoms with Crippen LogP contribution in [-0.2, 0) is 9.53 Å². The molecule has 0 spiro atoms. The molecule has 10 heteroatoms. The molecular weight excluding hydrogens is 424 g/mol. The number of carbonyl (C=O) groups is 2. The third-order valence-corrected chi connectivity index (χ3v) is 5.73. The second-order valence-corrected chi connectivity index (χ2v) is 8.06. The summed E-state index contributed by atoms with van der Waals surface area (Å²) >= 11 is 2.66. The Kier molecular flexibility index (Phi) is 7.63. The number of carbonyl (C=O) groups excluding carboxylic acids is 2. The highest BCUT2D eigenvalue weighted by molar-refractivity contribution is 8.01. The summed E-state index contributed by atoms with van der Waals surface area (Å²) in [5.74, 6) is 0.400. The Bertz CT molecular complexity index is 991. The number of esters is 1. The van der Waals surface area contributed by atoms with E-state index in [1.807, 2.05) is 24.3 Å². The number of nitrogens with zero attached hydrogens (tertiary/aromatic N) is 2. The van der Waals surface area contributed by atoms with Crippen molar-refractivity contribution in [1.82, 2.24) is 10.2 Å². The Hall–Kier alpha value is -3.11. The summed E-state index contributed by atoms with van der Waals surface area (Å²) in [5, 5.41) is 14.8. The number of aromatic nitrogens is 2. The maximum Gasteiger partial charge on any atom is 0.338 e. The summed E-state index contributed by atoms with van der Waals surface area (Å²) in [6.45, 7) is 2.07. The normalized spacial score (nSPS) is 10.3. The van der Waals surface area contributed by atoms with E-state index >= 15 is 0 Å². The molecule has 0 aliphatic rings. The van der Waals surface area contributed by atoms with E-state index in [0.717, 1.165) is 11.4 Å². The van der Waals surface area contributed by atoms with Gasteiger partial charge in [-0.3, -0.25) is 4.79 Å². The molecular formula is C20H20N4O4S2. The van der Waals surface area contributed by atoms with E-state index in [0.29, 0.717) is 27.3 Å². The number of nitrogens with one attached hydrogen (secondary N) is 2. The molecule has 0 radical (unpaired) electrons. The van der Waals surface area contributed by atoms with Gasteiger partial charge in [0.1, 0.15) is 5.75 Å². The molecule has 0 aliphatic heterocycles. The Balaban J connectivity index is 1.47. The van der Waals surface area contributed by atoms with Gasteiger partial charge in [-0.05, 0) is 55.5 Å². The molecule has 3 rings (SSSR count). The number of amides is 1. The van der Waals surface area contributed by atoms with Crippen LogP contribution in [0.15, 0.2) is 52.9 Å². The summed E-state index contributed by atoms with van der Waals surface area (Å²) in [5.41, 5.74) is 1.91. The van der Waals surface area contributed by atoms with Crippen LogP contribution in [0.2, 0.25) is 0 Å². The summed E-state index contributed by atoms with van der Waals surface area (Å²) < 4.78 is 10.7. The highest BCUT2D eigenvalue weighted by Gasteiger charge is 2.10. The third kappa shape index (κ3) is 6.19. The Morgan fingerprint density at radius 2 is 1.73 bits per heavy atom. The lowest BCUT2D eigenvalue weighted by Crippen LogP contribution is -2.14. The number of rotatable bonds is 9. The predicted octanol–water partition coefficient (Wildman–Crippen LogP) is 4.20. The zero-order valence-electron chi connectivity index (χ0n) is 16.4. The quantitative estimate of drug-likeness (QED) is 0.374. The van der Waals surface area contributed by atoms with Gasteiger partial charge in [0.2, 0.25) is 11.0 Å². The van der Waals surface area contributed by atoms with Crippen molar-refractivity contribution in [2.75, 3.05) is 30.1 Å². The number of benzene rings is 2. The molecule has 156 valence electrons. The fraction of sp³-hybridized carbons (Fsp3) is 0.200. The first-order valence-corrected chi connectivity index (χ1v) is 10.8. The molecule has 2 aromatic carbocycles. The molecule has 0 bridgehead atoms. The van der Waals surface area contributed by atoms with E-state index in [4.69, 9.17) is 9.47 Å². The van der Waals surface area contributed by atoms with Crippen LogP contribution in [0.5, 0.6) is 5.75 Å². The van der Waals surface area contributed by atoms with Gasteiger partial charge in [-0.25, -0.2) is 4.79 Å². The fourth-order valence-corrected chi connectivity index (χ4v) is 3.92. The van der Waals surface area contributed by atoms with Gasteiger partial charge in [-0.1, -0.05) is 23.1 Å². The number of methoxy groups -OCH3 is 1. The highest BCUT2D eigenvalue weighted by Crippen LogP contribution is 2.28. The number of hydrogen-bond acceptors (Lipinski definition) is 9. The van der Waals surface area contributed by atoms with Crippen molar-refractivity contribution in [3.8, 4) is 5.75 Å². The summed E-state index contributed by atoms with van der Waals surface area (Å²) in [6.07, 6.45) is 0. The molecule has 0 saturated carbocycles. The molecule has 0 fully saturated rings. The minimum absolute atomic E-state index is 0.177. The second-order valence-electron chi connectivity index (χ2n) is 5.86. The highest BCUT2D eigenvalue weighted by atomic mass is 32.2. The average Bonchev–Trinajstić information content (AvgIpc) is 3.21. The van der Waals surface area contributed by atoms with Crippen LogP contribution >= 0.6 is 23.1 Å². The maximum atomic E-state index is 12.2. The van der Waals surface area contributed by atoms with Crippen LogP contribution < -0.4 is 15.4 Å². The lowest BCUT2D eigenvalue weighted by molar-refractivity contribution is -0.113. The number of ether oxygens (including phenoxy) is 2. The van der Waals surface area contributed by atoms with E-state index in [9.17, 15) is 9.59 Å². The zero-order valence-corrected chi connectivity index (χ0v) is 18.0. The first kappa shape index (κ1) is 21.6. The van der Waals surface area contributed by atoms with Crippen molar-refractivity contribution in [3.63, 3.8) is 0 Å². The standard InChI is InChI=1S/C20H20N4O4S2/c1-3-28-18(26)13-4-6-14(7-5-13)21-17(25)12-29-20-24-23-19(30-20)22-15-8-10-16(27-2)11-9-15/h4-11H,3,12H2,1-2H3,(H,21,25)(H,22,23). The zero-order chi connectivity index (χ0) is 21.3. The molecule has 0 aliphatic carbocycles. The SMILES string of the molecule is CCOC(=O)c1ccc(NC(=O)CSc2nnc(Nc3ccc(OC)cc3)s2)cc1. The Labute approximate surface area is 182 Å². The molecule has 3 aromatic rings. The Morgan fingerprint density at radius 1 is 1.03 bits per heavy atom. The van der Waals surface area contributed by atoms with Crippen LogP contribution in [0, 0.1) is 0 Å². The number of thioether (sulfide) groups is 1.